The quantitative estimate of drug-likeness (QED) is 0.785. The fourth-order valence-electron chi connectivity index (χ4n) is 1.99. The van der Waals surface area contributed by atoms with Crippen LogP contribution >= 0.6 is 10.7 Å². The third kappa shape index (κ3) is 2.97. The van der Waals surface area contributed by atoms with E-state index in [4.69, 9.17) is 15.4 Å². The molecule has 0 radical (unpaired) electrons. The van der Waals surface area contributed by atoms with Crippen LogP contribution in [0.25, 0.3) is 0 Å². The molecule has 1 fully saturated rings. The first-order chi connectivity index (χ1) is 7.56. The van der Waals surface area contributed by atoms with Gasteiger partial charge in [-0.15, -0.1) is 0 Å². The molecule has 1 aromatic carbocycles. The molecule has 0 saturated carbocycles. The first-order valence-electron chi connectivity index (χ1n) is 5.18. The highest BCUT2D eigenvalue weighted by atomic mass is 35.7. The van der Waals surface area contributed by atoms with Gasteiger partial charge in [-0.1, -0.05) is 24.3 Å². The molecule has 0 N–H and O–H groups in total. The molecule has 1 unspecified atom stereocenters. The highest BCUT2D eigenvalue weighted by Gasteiger charge is 2.21. The van der Waals surface area contributed by atoms with Crippen LogP contribution in [0.3, 0.4) is 0 Å². The van der Waals surface area contributed by atoms with Gasteiger partial charge in [0.2, 0.25) is 9.05 Å². The lowest BCUT2D eigenvalue weighted by atomic mass is 10.0. The summed E-state index contributed by atoms with van der Waals surface area (Å²) in [7, 11) is 1.77. The summed E-state index contributed by atoms with van der Waals surface area (Å²) in [4.78, 5) is 0. The fourth-order valence-corrected chi connectivity index (χ4v) is 2.98. The second-order valence-corrected chi connectivity index (χ2v) is 6.66. The van der Waals surface area contributed by atoms with Gasteiger partial charge in [0.25, 0.3) is 0 Å². The van der Waals surface area contributed by atoms with E-state index in [0.29, 0.717) is 0 Å². The van der Waals surface area contributed by atoms with E-state index in [-0.39, 0.29) is 11.9 Å². The van der Waals surface area contributed by atoms with E-state index in [1.165, 1.54) is 0 Å². The molecule has 16 heavy (non-hydrogen) atoms. The van der Waals surface area contributed by atoms with Crippen molar-refractivity contribution in [2.24, 2.45) is 0 Å². The number of hydrogen-bond donors (Lipinski definition) is 0. The Balaban J connectivity index is 2.30. The van der Waals surface area contributed by atoms with Crippen LogP contribution in [-0.4, -0.2) is 15.0 Å². The largest absolute Gasteiger partial charge is 0.374 e. The zero-order valence-corrected chi connectivity index (χ0v) is 10.3. The molecule has 0 aromatic heterocycles. The highest BCUT2D eigenvalue weighted by molar-refractivity contribution is 8.13. The molecule has 0 aliphatic carbocycles. The lowest BCUT2D eigenvalue weighted by Gasteiger charge is -2.13. The third-order valence-corrected chi connectivity index (χ3v) is 3.64. The molecule has 1 saturated heterocycles. The van der Waals surface area contributed by atoms with E-state index < -0.39 is 9.05 Å². The molecule has 0 spiro atoms. The summed E-state index contributed by atoms with van der Waals surface area (Å²) < 4.78 is 27.7. The Morgan fingerprint density at radius 1 is 1.38 bits per heavy atom. The third-order valence-electron chi connectivity index (χ3n) is 2.66. The Labute approximate surface area is 99.8 Å². The summed E-state index contributed by atoms with van der Waals surface area (Å²) in [5, 5.41) is 0. The van der Waals surface area contributed by atoms with Crippen LogP contribution in [0.15, 0.2) is 24.3 Å². The van der Waals surface area contributed by atoms with E-state index in [9.17, 15) is 8.42 Å². The molecule has 0 bridgehead atoms. The fraction of sp³-hybridized carbons (Fsp3) is 0.455. The maximum Gasteiger partial charge on any atom is 0.236 e. The van der Waals surface area contributed by atoms with Crippen molar-refractivity contribution in [3.63, 3.8) is 0 Å². The Bertz CT molecular complexity index is 464. The number of benzene rings is 1. The first kappa shape index (κ1) is 11.9. The van der Waals surface area contributed by atoms with Crippen LogP contribution in [0.5, 0.6) is 0 Å². The van der Waals surface area contributed by atoms with Gasteiger partial charge in [0, 0.05) is 17.3 Å². The molecule has 1 heterocycles. The number of ether oxygens (including phenoxy) is 1. The topological polar surface area (TPSA) is 43.4 Å². The Morgan fingerprint density at radius 2 is 2.12 bits per heavy atom. The number of halogens is 1. The van der Waals surface area contributed by atoms with E-state index in [0.717, 1.165) is 30.6 Å². The molecule has 1 aromatic rings. The molecular formula is C11H13ClO3S. The second kappa shape index (κ2) is 4.73. The van der Waals surface area contributed by atoms with Crippen LogP contribution < -0.4 is 0 Å². The van der Waals surface area contributed by atoms with Crippen molar-refractivity contribution in [2.45, 2.75) is 24.7 Å². The van der Waals surface area contributed by atoms with Crippen molar-refractivity contribution in [3.05, 3.63) is 35.4 Å². The molecule has 3 nitrogen and oxygen atoms in total. The average Bonchev–Trinajstić information content (AvgIpc) is 2.69. The lowest BCUT2D eigenvalue weighted by Crippen LogP contribution is -2.04. The number of rotatable bonds is 3. The Morgan fingerprint density at radius 3 is 2.75 bits per heavy atom. The zero-order chi connectivity index (χ0) is 11.6. The van der Waals surface area contributed by atoms with Gasteiger partial charge < -0.3 is 4.74 Å². The molecule has 1 aliphatic rings. The molecule has 5 heteroatoms. The van der Waals surface area contributed by atoms with Gasteiger partial charge in [-0.25, -0.2) is 8.42 Å². The standard InChI is InChI=1S/C11H13ClO3S/c12-16(13,14)8-9-4-1-2-5-10(9)11-6-3-7-15-11/h1-2,4-5,11H,3,6-8H2. The van der Waals surface area contributed by atoms with Gasteiger partial charge in [-0.05, 0) is 24.0 Å². The smallest absolute Gasteiger partial charge is 0.236 e. The van der Waals surface area contributed by atoms with Gasteiger partial charge in [0.1, 0.15) is 0 Å². The molecule has 0 amide bonds. The summed E-state index contributed by atoms with van der Waals surface area (Å²) in [6.45, 7) is 0.743. The minimum atomic E-state index is -3.51. The summed E-state index contributed by atoms with van der Waals surface area (Å²) in [5.41, 5.74) is 1.69. The van der Waals surface area contributed by atoms with E-state index in [2.05, 4.69) is 0 Å². The van der Waals surface area contributed by atoms with Crippen molar-refractivity contribution in [1.29, 1.82) is 0 Å². The van der Waals surface area contributed by atoms with E-state index in [1.807, 2.05) is 18.2 Å². The zero-order valence-electron chi connectivity index (χ0n) is 8.73. The highest BCUT2D eigenvalue weighted by Crippen LogP contribution is 2.31. The van der Waals surface area contributed by atoms with E-state index in [1.54, 1.807) is 6.07 Å². The van der Waals surface area contributed by atoms with Crippen LogP contribution in [-0.2, 0) is 19.5 Å². The van der Waals surface area contributed by atoms with Gasteiger partial charge in [-0.3, -0.25) is 0 Å². The minimum Gasteiger partial charge on any atom is -0.374 e. The number of hydrogen-bond acceptors (Lipinski definition) is 3. The first-order valence-corrected chi connectivity index (χ1v) is 7.66. The van der Waals surface area contributed by atoms with Crippen LogP contribution in [0.2, 0.25) is 0 Å². The van der Waals surface area contributed by atoms with Crippen LogP contribution in [0.4, 0.5) is 0 Å². The Hall–Kier alpha value is -0.580. The summed E-state index contributed by atoms with van der Waals surface area (Å²) in [6.07, 6.45) is 1.99. The Kier molecular flexibility index (Phi) is 3.52. The van der Waals surface area contributed by atoms with Gasteiger partial charge in [-0.2, -0.15) is 0 Å². The average molecular weight is 261 g/mol. The van der Waals surface area contributed by atoms with Crippen molar-refractivity contribution in [3.8, 4) is 0 Å². The van der Waals surface area contributed by atoms with Crippen LogP contribution in [0, 0.1) is 0 Å². The molecule has 2 rings (SSSR count). The molecular weight excluding hydrogens is 248 g/mol. The van der Waals surface area contributed by atoms with Crippen molar-refractivity contribution >= 4 is 19.7 Å². The van der Waals surface area contributed by atoms with Gasteiger partial charge in [0.05, 0.1) is 11.9 Å². The summed E-state index contributed by atoms with van der Waals surface area (Å²) >= 11 is 0. The summed E-state index contributed by atoms with van der Waals surface area (Å²) in [5.74, 6) is -0.134. The second-order valence-electron chi connectivity index (χ2n) is 3.88. The van der Waals surface area contributed by atoms with Gasteiger partial charge in [0.15, 0.2) is 0 Å². The monoisotopic (exact) mass is 260 g/mol. The minimum absolute atomic E-state index is 0.0228. The lowest BCUT2D eigenvalue weighted by molar-refractivity contribution is 0.111. The van der Waals surface area contributed by atoms with Crippen molar-refractivity contribution in [2.75, 3.05) is 6.61 Å². The predicted molar refractivity (Wildman–Crippen MR) is 62.8 cm³/mol. The molecule has 88 valence electrons. The SMILES string of the molecule is O=S(=O)(Cl)Cc1ccccc1C1CCCO1. The predicted octanol–water partition coefficient (Wildman–Crippen LogP) is 2.61. The van der Waals surface area contributed by atoms with Crippen LogP contribution in [0.1, 0.15) is 30.1 Å². The molecule has 1 aliphatic heterocycles. The normalized spacial score (nSPS) is 21.2. The molecule has 1 atom stereocenters. The maximum absolute atomic E-state index is 11.1. The summed E-state index contributed by atoms with van der Waals surface area (Å²) in [6, 6.07) is 7.40. The maximum atomic E-state index is 11.1. The van der Waals surface area contributed by atoms with Crippen molar-refractivity contribution in [1.82, 2.24) is 0 Å². The van der Waals surface area contributed by atoms with Crippen molar-refractivity contribution < 1.29 is 13.2 Å². The van der Waals surface area contributed by atoms with E-state index >= 15 is 0 Å². The van der Waals surface area contributed by atoms with Gasteiger partial charge >= 0.3 is 0 Å².